The van der Waals surface area contributed by atoms with Crippen LogP contribution >= 0.6 is 0 Å². The number of carbonyl (C=O) groups excluding carboxylic acids is 1. The summed E-state index contributed by atoms with van der Waals surface area (Å²) < 4.78 is 0. The molecule has 0 fully saturated rings. The van der Waals surface area contributed by atoms with Crippen molar-refractivity contribution in [1.82, 2.24) is 10.2 Å². The summed E-state index contributed by atoms with van der Waals surface area (Å²) in [5, 5.41) is 14.1. The maximum Gasteiger partial charge on any atom is 0.240 e. The Labute approximate surface area is 45.1 Å². The van der Waals surface area contributed by atoms with Crippen molar-refractivity contribution in [2.45, 2.75) is 0 Å². The summed E-state index contributed by atoms with van der Waals surface area (Å²) in [6.07, 6.45) is 2.68. The smallest absolute Gasteiger partial charge is 0.240 e. The van der Waals surface area contributed by atoms with E-state index in [0.29, 0.717) is 0 Å². The molecule has 0 spiro atoms. The Balaban J connectivity index is 3.09. The predicted octanol–water partition coefficient (Wildman–Crippen LogP) is -0.427. The minimum atomic E-state index is -0.236. The zero-order chi connectivity index (χ0) is 5.98. The quantitative estimate of drug-likeness (QED) is 0.517. The van der Waals surface area contributed by atoms with Crippen molar-refractivity contribution in [2.75, 3.05) is 0 Å². The molecule has 0 bridgehead atoms. The van der Waals surface area contributed by atoms with E-state index in [9.17, 15) is 4.79 Å². The molecule has 0 atom stereocenters. The van der Waals surface area contributed by atoms with Crippen LogP contribution in [0.3, 0.4) is 0 Å². The first-order chi connectivity index (χ1) is 3.84. The van der Waals surface area contributed by atoms with Crippen LogP contribution in [0.2, 0.25) is 0 Å². The minimum absolute atomic E-state index is 0.0602. The third-order valence-electron chi connectivity index (χ3n) is 0.729. The number of aromatic nitrogens is 2. The Bertz CT molecular complexity index is 194. The molecule has 4 heteroatoms. The molecule has 41 valence electrons. The molecule has 0 aliphatic rings. The highest BCUT2D eigenvalue weighted by Crippen LogP contribution is 2.05. The molecule has 1 aromatic heterocycles. The normalized spacial score (nSPS) is 9.00. The molecular weight excluding hydrogens is 108 g/mol. The fourth-order valence-corrected chi connectivity index (χ4v) is 0.354. The number of H-pyrrole nitrogens is 1. The molecule has 0 aromatic carbocycles. The molecule has 1 radical (unpaired) electrons. The van der Waals surface area contributed by atoms with Gasteiger partial charge in [-0.05, 0) is 0 Å². The van der Waals surface area contributed by atoms with Gasteiger partial charge in [-0.1, -0.05) is 0 Å². The van der Waals surface area contributed by atoms with E-state index in [1.165, 1.54) is 12.5 Å². The van der Waals surface area contributed by atoms with E-state index in [1.54, 1.807) is 0 Å². The molecule has 4 nitrogen and oxygen atoms in total. The molecule has 1 aromatic rings. The van der Waals surface area contributed by atoms with Gasteiger partial charge in [-0.15, -0.1) is 0 Å². The van der Waals surface area contributed by atoms with Crippen LogP contribution in [0.4, 0.5) is 0 Å². The first-order valence-corrected chi connectivity index (χ1v) is 1.95. The number of nitrogens with zero attached hydrogens (tertiary/aromatic N) is 1. The Morgan fingerprint density at radius 2 is 2.62 bits per heavy atom. The summed E-state index contributed by atoms with van der Waals surface area (Å²) in [6, 6.07) is 0. The molecule has 1 heterocycles. The van der Waals surface area contributed by atoms with E-state index in [2.05, 4.69) is 10.2 Å². The third kappa shape index (κ3) is 0.556. The van der Waals surface area contributed by atoms with Crippen molar-refractivity contribution in [1.29, 1.82) is 0 Å². The monoisotopic (exact) mass is 111 g/mol. The van der Waals surface area contributed by atoms with Crippen LogP contribution in [0.15, 0.2) is 6.20 Å². The first kappa shape index (κ1) is 4.83. The Morgan fingerprint density at radius 1 is 1.88 bits per heavy atom. The standard InChI is InChI=1S/C4H3N2O2/c7-2-3-1-5-6-4(3)8/h1H,(H2,5,6,8). The fourth-order valence-electron chi connectivity index (χ4n) is 0.354. The number of rotatable bonds is 1. The molecule has 0 aliphatic carbocycles. The third-order valence-corrected chi connectivity index (χ3v) is 0.729. The molecular formula is C4H3N2O2. The number of hydrogen-bond donors (Lipinski definition) is 2. The number of hydrogen-bond acceptors (Lipinski definition) is 3. The van der Waals surface area contributed by atoms with Gasteiger partial charge in [0.2, 0.25) is 12.2 Å². The first-order valence-electron chi connectivity index (χ1n) is 1.95. The maximum atomic E-state index is 9.74. The van der Waals surface area contributed by atoms with Crippen LogP contribution in [-0.2, 0) is 4.79 Å². The highest BCUT2D eigenvalue weighted by Gasteiger charge is 1.98. The van der Waals surface area contributed by atoms with Gasteiger partial charge in [-0.25, -0.2) is 5.10 Å². The van der Waals surface area contributed by atoms with Gasteiger partial charge in [0.15, 0.2) is 0 Å². The van der Waals surface area contributed by atoms with Crippen LogP contribution in [0, 0.1) is 0 Å². The second-order valence-corrected chi connectivity index (χ2v) is 1.23. The molecule has 0 amide bonds. The summed E-state index contributed by atoms with van der Waals surface area (Å²) in [6.45, 7) is 0. The highest BCUT2D eigenvalue weighted by molar-refractivity contribution is 5.77. The topological polar surface area (TPSA) is 66.0 Å². The molecule has 8 heavy (non-hydrogen) atoms. The van der Waals surface area contributed by atoms with Gasteiger partial charge in [0.05, 0.1) is 6.20 Å². The second kappa shape index (κ2) is 1.65. The summed E-state index contributed by atoms with van der Waals surface area (Å²) in [5.74, 6) is -0.236. The van der Waals surface area contributed by atoms with Crippen LogP contribution < -0.4 is 0 Å². The lowest BCUT2D eigenvalue weighted by atomic mass is 10.4. The van der Waals surface area contributed by atoms with Gasteiger partial charge in [0.1, 0.15) is 5.56 Å². The average Bonchev–Trinajstić information content (AvgIpc) is 2.14. The number of nitrogens with one attached hydrogen (secondary N) is 1. The molecule has 1 rings (SSSR count). The summed E-state index contributed by atoms with van der Waals surface area (Å²) in [5.41, 5.74) is 0.0602. The fraction of sp³-hybridized carbons (Fsp3) is 0. The lowest BCUT2D eigenvalue weighted by molar-refractivity contribution is 0.449. The lowest BCUT2D eigenvalue weighted by Crippen LogP contribution is -1.72. The summed E-state index contributed by atoms with van der Waals surface area (Å²) in [4.78, 5) is 9.74. The molecule has 0 unspecified atom stereocenters. The van der Waals surface area contributed by atoms with Crippen LogP contribution in [0.5, 0.6) is 5.88 Å². The van der Waals surface area contributed by atoms with E-state index in [1.807, 2.05) is 0 Å². The van der Waals surface area contributed by atoms with E-state index in [4.69, 9.17) is 5.11 Å². The van der Waals surface area contributed by atoms with E-state index in [0.717, 1.165) is 0 Å². The van der Waals surface area contributed by atoms with Crippen molar-refractivity contribution in [2.24, 2.45) is 0 Å². The van der Waals surface area contributed by atoms with Gasteiger partial charge in [-0.3, -0.25) is 4.79 Å². The second-order valence-electron chi connectivity index (χ2n) is 1.23. The van der Waals surface area contributed by atoms with E-state index < -0.39 is 0 Å². The summed E-state index contributed by atoms with van der Waals surface area (Å²) in [7, 11) is 0. The zero-order valence-corrected chi connectivity index (χ0v) is 3.88. The maximum absolute atomic E-state index is 9.74. The van der Waals surface area contributed by atoms with Crippen molar-refractivity contribution in [3.05, 3.63) is 11.8 Å². The van der Waals surface area contributed by atoms with Crippen molar-refractivity contribution >= 4 is 6.29 Å². The largest absolute Gasteiger partial charge is 0.493 e. The summed E-state index contributed by atoms with van der Waals surface area (Å²) >= 11 is 0. The van der Waals surface area contributed by atoms with Crippen molar-refractivity contribution in [3.63, 3.8) is 0 Å². The minimum Gasteiger partial charge on any atom is -0.493 e. The van der Waals surface area contributed by atoms with Gasteiger partial charge < -0.3 is 5.11 Å². The van der Waals surface area contributed by atoms with Gasteiger partial charge in [-0.2, -0.15) is 5.10 Å². The lowest BCUT2D eigenvalue weighted by Gasteiger charge is -1.76. The number of aromatic amines is 1. The zero-order valence-electron chi connectivity index (χ0n) is 3.88. The van der Waals surface area contributed by atoms with Gasteiger partial charge >= 0.3 is 0 Å². The SMILES string of the molecule is O=[C]c1cn[nH]c1O. The molecule has 2 N–H and O–H groups in total. The van der Waals surface area contributed by atoms with Crippen LogP contribution in [-0.4, -0.2) is 21.6 Å². The van der Waals surface area contributed by atoms with Gasteiger partial charge in [0.25, 0.3) is 0 Å². The molecule has 0 saturated carbocycles. The van der Waals surface area contributed by atoms with Crippen LogP contribution in [0.1, 0.15) is 5.56 Å². The number of aromatic hydroxyl groups is 1. The Morgan fingerprint density at radius 3 is 2.88 bits per heavy atom. The van der Waals surface area contributed by atoms with Crippen LogP contribution in [0.25, 0.3) is 0 Å². The Kier molecular flexibility index (Phi) is 0.997. The molecule has 0 saturated heterocycles. The highest BCUT2D eigenvalue weighted by atomic mass is 16.3. The average molecular weight is 111 g/mol. The molecule has 0 aliphatic heterocycles. The Hall–Kier alpha value is -1.32. The van der Waals surface area contributed by atoms with E-state index >= 15 is 0 Å². The van der Waals surface area contributed by atoms with Crippen molar-refractivity contribution in [3.8, 4) is 5.88 Å². The van der Waals surface area contributed by atoms with E-state index in [-0.39, 0.29) is 11.4 Å². The predicted molar refractivity (Wildman–Crippen MR) is 25.0 cm³/mol. The van der Waals surface area contributed by atoms with Gasteiger partial charge in [0, 0.05) is 0 Å². The van der Waals surface area contributed by atoms with Crippen molar-refractivity contribution < 1.29 is 9.90 Å².